The van der Waals surface area contributed by atoms with Gasteiger partial charge >= 0.3 is 0 Å². The van der Waals surface area contributed by atoms with Gasteiger partial charge in [0, 0.05) is 17.6 Å². The van der Waals surface area contributed by atoms with Gasteiger partial charge in [0.05, 0.1) is 6.54 Å². The average Bonchev–Trinajstić information content (AvgIpc) is 2.57. The molecule has 0 radical (unpaired) electrons. The minimum absolute atomic E-state index is 0.125. The Morgan fingerprint density at radius 1 is 1.08 bits per heavy atom. The molecule has 0 spiro atoms. The van der Waals surface area contributed by atoms with E-state index < -0.39 is 0 Å². The van der Waals surface area contributed by atoms with Crippen LogP contribution < -0.4 is 5.32 Å². The molecule has 0 saturated heterocycles. The zero-order chi connectivity index (χ0) is 17.4. The summed E-state index contributed by atoms with van der Waals surface area (Å²) in [4.78, 5) is 14.4. The van der Waals surface area contributed by atoms with Crippen LogP contribution in [0.5, 0.6) is 0 Å². The first kappa shape index (κ1) is 18.5. The average molecular weight is 345 g/mol. The number of rotatable bonds is 8. The molecule has 128 valence electrons. The summed E-state index contributed by atoms with van der Waals surface area (Å²) in [6.07, 6.45) is 0.855. The second-order valence-corrected chi connectivity index (χ2v) is 6.59. The highest BCUT2D eigenvalue weighted by Gasteiger charge is 2.16. The molecule has 0 aliphatic rings. The quantitative estimate of drug-likeness (QED) is 0.736. The fourth-order valence-electron chi connectivity index (χ4n) is 2.56. The molecule has 4 heteroatoms. The number of carbonyl (C=O) groups excluding carboxylic acids is 1. The van der Waals surface area contributed by atoms with Crippen molar-refractivity contribution in [3.63, 3.8) is 0 Å². The third kappa shape index (κ3) is 5.99. The largest absolute Gasteiger partial charge is 0.335 e. The van der Waals surface area contributed by atoms with Crippen molar-refractivity contribution in [1.29, 1.82) is 0 Å². The van der Waals surface area contributed by atoms with Crippen LogP contribution in [0.4, 0.5) is 0 Å². The molecule has 1 N–H and O–H groups in total. The minimum Gasteiger partial charge on any atom is -0.335 e. The van der Waals surface area contributed by atoms with E-state index in [4.69, 9.17) is 11.6 Å². The molecule has 0 aliphatic heterocycles. The van der Waals surface area contributed by atoms with Gasteiger partial charge < -0.3 is 10.2 Å². The van der Waals surface area contributed by atoms with Gasteiger partial charge in [0.15, 0.2) is 0 Å². The minimum atomic E-state index is 0.125. The highest BCUT2D eigenvalue weighted by Crippen LogP contribution is 2.11. The van der Waals surface area contributed by atoms with Crippen LogP contribution in [0.1, 0.15) is 25.0 Å². The van der Waals surface area contributed by atoms with Crippen LogP contribution in [0.2, 0.25) is 5.02 Å². The Morgan fingerprint density at radius 2 is 1.79 bits per heavy atom. The first-order chi connectivity index (χ1) is 11.6. The summed E-state index contributed by atoms with van der Waals surface area (Å²) in [7, 11) is 0. The fourth-order valence-corrected chi connectivity index (χ4v) is 2.77. The smallest absolute Gasteiger partial charge is 0.237 e. The predicted octanol–water partition coefficient (Wildman–Crippen LogP) is 3.91. The van der Waals surface area contributed by atoms with Crippen molar-refractivity contribution in [2.24, 2.45) is 0 Å². The molecule has 0 aliphatic carbocycles. The molecule has 0 fully saturated rings. The molecule has 0 heterocycles. The number of hydrogen-bond donors (Lipinski definition) is 1. The summed E-state index contributed by atoms with van der Waals surface area (Å²) in [5.74, 6) is 0.125. The van der Waals surface area contributed by atoms with E-state index >= 15 is 0 Å². The van der Waals surface area contributed by atoms with Gasteiger partial charge in [-0.05, 0) is 50.1 Å². The summed E-state index contributed by atoms with van der Waals surface area (Å²) in [6, 6.07) is 18.1. The van der Waals surface area contributed by atoms with Gasteiger partial charge in [-0.25, -0.2) is 0 Å². The lowest BCUT2D eigenvalue weighted by Crippen LogP contribution is -2.42. The van der Waals surface area contributed by atoms with Crippen molar-refractivity contribution in [2.45, 2.75) is 32.9 Å². The molecule has 2 aromatic rings. The van der Waals surface area contributed by atoms with Crippen molar-refractivity contribution < 1.29 is 4.79 Å². The highest BCUT2D eigenvalue weighted by atomic mass is 35.5. The van der Waals surface area contributed by atoms with Gasteiger partial charge in [-0.1, -0.05) is 54.1 Å². The zero-order valence-corrected chi connectivity index (χ0v) is 15.1. The maximum absolute atomic E-state index is 12.5. The summed E-state index contributed by atoms with van der Waals surface area (Å²) in [6.45, 7) is 5.85. The van der Waals surface area contributed by atoms with Crippen molar-refractivity contribution in [1.82, 2.24) is 10.2 Å². The van der Waals surface area contributed by atoms with E-state index in [9.17, 15) is 4.79 Å². The Balaban J connectivity index is 1.80. The molecule has 0 aromatic heterocycles. The SMILES string of the molecule is CC(C)N(Cc1ccccc1)C(=O)CNCCc1cccc(Cl)c1. The molecule has 24 heavy (non-hydrogen) atoms. The van der Waals surface area contributed by atoms with Crippen molar-refractivity contribution in [2.75, 3.05) is 13.1 Å². The van der Waals surface area contributed by atoms with E-state index in [1.54, 1.807) is 0 Å². The predicted molar refractivity (Wildman–Crippen MR) is 100 cm³/mol. The van der Waals surface area contributed by atoms with Gasteiger partial charge in [0.2, 0.25) is 5.91 Å². The summed E-state index contributed by atoms with van der Waals surface area (Å²) >= 11 is 5.98. The van der Waals surface area contributed by atoms with E-state index in [2.05, 4.69) is 17.4 Å². The fraction of sp³-hybridized carbons (Fsp3) is 0.350. The van der Waals surface area contributed by atoms with Gasteiger partial charge in [-0.2, -0.15) is 0 Å². The third-order valence-corrected chi connectivity index (χ3v) is 4.13. The van der Waals surface area contributed by atoms with Gasteiger partial charge in [0.1, 0.15) is 0 Å². The second-order valence-electron chi connectivity index (χ2n) is 6.16. The maximum atomic E-state index is 12.5. The third-order valence-electron chi connectivity index (χ3n) is 3.90. The Labute approximate surface area is 149 Å². The van der Waals surface area contributed by atoms with Crippen LogP contribution in [0.25, 0.3) is 0 Å². The number of nitrogens with one attached hydrogen (secondary N) is 1. The molecule has 1 amide bonds. The first-order valence-corrected chi connectivity index (χ1v) is 8.72. The molecule has 0 saturated carbocycles. The van der Waals surface area contributed by atoms with Crippen LogP contribution in [-0.4, -0.2) is 29.9 Å². The first-order valence-electron chi connectivity index (χ1n) is 8.35. The van der Waals surface area contributed by atoms with Crippen molar-refractivity contribution in [3.05, 3.63) is 70.7 Å². The molecule has 2 aromatic carbocycles. The van der Waals surface area contributed by atoms with E-state index in [0.29, 0.717) is 13.1 Å². The summed E-state index contributed by atoms with van der Waals surface area (Å²) < 4.78 is 0. The lowest BCUT2D eigenvalue weighted by molar-refractivity contribution is -0.132. The van der Waals surface area contributed by atoms with E-state index in [1.807, 2.05) is 61.2 Å². The molecule has 3 nitrogen and oxygen atoms in total. The number of hydrogen-bond acceptors (Lipinski definition) is 2. The molecular weight excluding hydrogens is 320 g/mol. The Hall–Kier alpha value is -1.84. The Morgan fingerprint density at radius 3 is 2.46 bits per heavy atom. The van der Waals surface area contributed by atoms with Crippen molar-refractivity contribution >= 4 is 17.5 Å². The number of halogens is 1. The molecule has 0 unspecified atom stereocenters. The number of nitrogens with zero attached hydrogens (tertiary/aromatic N) is 1. The highest BCUT2D eigenvalue weighted by molar-refractivity contribution is 6.30. The van der Waals surface area contributed by atoms with E-state index in [1.165, 1.54) is 5.56 Å². The zero-order valence-electron chi connectivity index (χ0n) is 14.3. The van der Waals surface area contributed by atoms with Gasteiger partial charge in [-0.3, -0.25) is 4.79 Å². The monoisotopic (exact) mass is 344 g/mol. The van der Waals surface area contributed by atoms with Crippen LogP contribution in [0.15, 0.2) is 54.6 Å². The van der Waals surface area contributed by atoms with Gasteiger partial charge in [0.25, 0.3) is 0 Å². The number of carbonyl (C=O) groups is 1. The Kier molecular flexibility index (Phi) is 7.29. The van der Waals surface area contributed by atoms with Crippen LogP contribution in [0, 0.1) is 0 Å². The number of amides is 1. The summed E-state index contributed by atoms with van der Waals surface area (Å²) in [5.41, 5.74) is 2.32. The van der Waals surface area contributed by atoms with Crippen LogP contribution in [-0.2, 0) is 17.8 Å². The van der Waals surface area contributed by atoms with E-state index in [-0.39, 0.29) is 11.9 Å². The standard InChI is InChI=1S/C20H25ClN2O/c1-16(2)23(15-18-7-4-3-5-8-18)20(24)14-22-12-11-17-9-6-10-19(21)13-17/h3-10,13,16,22H,11-12,14-15H2,1-2H3. The lowest BCUT2D eigenvalue weighted by Gasteiger charge is -2.27. The van der Waals surface area contributed by atoms with E-state index in [0.717, 1.165) is 23.6 Å². The molecule has 0 atom stereocenters. The topological polar surface area (TPSA) is 32.3 Å². The second kappa shape index (κ2) is 9.45. The van der Waals surface area contributed by atoms with Crippen LogP contribution in [0.3, 0.4) is 0 Å². The molecule has 0 bridgehead atoms. The summed E-state index contributed by atoms with van der Waals surface area (Å²) in [5, 5.41) is 3.99. The maximum Gasteiger partial charge on any atom is 0.237 e. The molecule has 2 rings (SSSR count). The molecular formula is C20H25ClN2O. The Bertz CT molecular complexity index is 643. The van der Waals surface area contributed by atoms with Crippen molar-refractivity contribution in [3.8, 4) is 0 Å². The van der Waals surface area contributed by atoms with Gasteiger partial charge in [-0.15, -0.1) is 0 Å². The van der Waals surface area contributed by atoms with Crippen LogP contribution >= 0.6 is 11.6 Å². The lowest BCUT2D eigenvalue weighted by atomic mass is 10.1. The number of benzene rings is 2. The normalized spacial score (nSPS) is 10.8.